The number of carboxylic acid groups (broad SMARTS) is 1. The number of carbonyl (C=O) groups is 1. The molecule has 1 aromatic rings. The van der Waals surface area contributed by atoms with Gasteiger partial charge in [-0.25, -0.2) is 9.18 Å². The molecule has 1 heterocycles. The first kappa shape index (κ1) is 14.1. The summed E-state index contributed by atoms with van der Waals surface area (Å²) in [7, 11) is 0. The maximum Gasteiger partial charge on any atom is 0.407 e. The molecule has 1 aliphatic rings. The van der Waals surface area contributed by atoms with Crippen molar-refractivity contribution in [3.63, 3.8) is 0 Å². The molecule has 1 N–H and O–H groups in total. The molecule has 0 unspecified atom stereocenters. The molecule has 2 rings (SSSR count). The van der Waals surface area contributed by atoms with E-state index in [0.29, 0.717) is 25.9 Å². The van der Waals surface area contributed by atoms with E-state index < -0.39 is 6.09 Å². The molecule has 102 valence electrons. The van der Waals surface area contributed by atoms with Crippen molar-refractivity contribution in [3.8, 4) is 0 Å². The van der Waals surface area contributed by atoms with Gasteiger partial charge in [-0.2, -0.15) is 0 Å². The zero-order valence-corrected chi connectivity index (χ0v) is 11.9. The summed E-state index contributed by atoms with van der Waals surface area (Å²) < 4.78 is 15.0. The smallest absolute Gasteiger partial charge is 0.407 e. The maximum absolute atomic E-state index is 14.1. The number of allylic oxidation sites excluding steroid dienone is 1. The molecule has 1 aliphatic heterocycles. The molecule has 19 heavy (non-hydrogen) atoms. The summed E-state index contributed by atoms with van der Waals surface area (Å²) in [5.41, 5.74) is 0.821. The predicted molar refractivity (Wildman–Crippen MR) is 75.5 cm³/mol. The van der Waals surface area contributed by atoms with Crippen molar-refractivity contribution in [1.29, 1.82) is 0 Å². The van der Waals surface area contributed by atoms with Crippen LogP contribution in [0.3, 0.4) is 0 Å². The monoisotopic (exact) mass is 327 g/mol. The van der Waals surface area contributed by atoms with Crippen LogP contribution in [0.15, 0.2) is 34.6 Å². The van der Waals surface area contributed by atoms with Crippen LogP contribution >= 0.6 is 15.9 Å². The van der Waals surface area contributed by atoms with E-state index >= 15 is 0 Å². The number of amides is 1. The summed E-state index contributed by atoms with van der Waals surface area (Å²) in [5.74, 6) is -0.327. The first-order valence-corrected chi connectivity index (χ1v) is 6.96. The Labute approximate surface area is 119 Å². The molecule has 0 saturated carbocycles. The number of rotatable bonds is 2. The zero-order valence-electron chi connectivity index (χ0n) is 10.4. The van der Waals surface area contributed by atoms with Crippen molar-refractivity contribution in [2.45, 2.75) is 12.8 Å². The number of hydrogen-bond acceptors (Lipinski definition) is 1. The molecule has 5 heteroatoms. The molecule has 0 spiro atoms. The minimum absolute atomic E-state index is 0.160. The lowest BCUT2D eigenvalue weighted by molar-refractivity contribution is 0.126. The fourth-order valence-electron chi connectivity index (χ4n) is 2.18. The van der Waals surface area contributed by atoms with Gasteiger partial charge >= 0.3 is 6.09 Å². The molecule has 0 atom stereocenters. The number of piperidine rings is 1. The Bertz CT molecular complexity index is 479. The van der Waals surface area contributed by atoms with Crippen LogP contribution in [0.2, 0.25) is 0 Å². The first-order chi connectivity index (χ1) is 9.06. The summed E-state index contributed by atoms with van der Waals surface area (Å²) in [4.78, 5) is 12.1. The summed E-state index contributed by atoms with van der Waals surface area (Å²) in [6.07, 6.45) is 1.71. The van der Waals surface area contributed by atoms with E-state index in [4.69, 9.17) is 5.11 Å². The highest BCUT2D eigenvalue weighted by Gasteiger charge is 2.24. The van der Waals surface area contributed by atoms with Crippen LogP contribution in [0, 0.1) is 5.92 Å². The van der Waals surface area contributed by atoms with Gasteiger partial charge in [0, 0.05) is 23.5 Å². The third-order valence-corrected chi connectivity index (χ3v) is 3.86. The van der Waals surface area contributed by atoms with E-state index in [9.17, 15) is 9.18 Å². The summed E-state index contributed by atoms with van der Waals surface area (Å²) >= 11 is 3.33. The van der Waals surface area contributed by atoms with Crippen LogP contribution in [0.4, 0.5) is 9.18 Å². The van der Waals surface area contributed by atoms with Crippen molar-refractivity contribution < 1.29 is 14.3 Å². The molecule has 1 aromatic carbocycles. The standard InChI is InChI=1S/C14H15BrFNO2/c15-12-3-1-10(2-4-12)9-13(16)11-5-7-17(8-6-11)14(18)19/h1-4,9,11H,5-8H2,(H,18,19)/b13-9-. The van der Waals surface area contributed by atoms with E-state index in [-0.39, 0.29) is 11.7 Å². The largest absolute Gasteiger partial charge is 0.465 e. The molecule has 0 radical (unpaired) electrons. The molecular weight excluding hydrogens is 313 g/mol. The number of nitrogens with zero attached hydrogens (tertiary/aromatic N) is 1. The van der Waals surface area contributed by atoms with Crippen LogP contribution in [0.25, 0.3) is 6.08 Å². The lowest BCUT2D eigenvalue weighted by Crippen LogP contribution is -2.37. The van der Waals surface area contributed by atoms with Crippen LogP contribution in [-0.4, -0.2) is 29.2 Å². The second-order valence-electron chi connectivity index (χ2n) is 4.62. The third-order valence-electron chi connectivity index (χ3n) is 3.33. The lowest BCUT2D eigenvalue weighted by Gasteiger charge is -2.29. The van der Waals surface area contributed by atoms with Crippen molar-refractivity contribution in [2.24, 2.45) is 5.92 Å². The van der Waals surface area contributed by atoms with E-state index in [0.717, 1.165) is 10.0 Å². The summed E-state index contributed by atoms with van der Waals surface area (Å²) in [6.45, 7) is 0.809. The second kappa shape index (κ2) is 6.19. The van der Waals surface area contributed by atoms with Gasteiger partial charge in [-0.05, 0) is 36.6 Å². The van der Waals surface area contributed by atoms with Crippen molar-refractivity contribution in [1.82, 2.24) is 4.90 Å². The minimum Gasteiger partial charge on any atom is -0.465 e. The van der Waals surface area contributed by atoms with E-state index in [1.165, 1.54) is 11.0 Å². The fourth-order valence-corrected chi connectivity index (χ4v) is 2.45. The van der Waals surface area contributed by atoms with E-state index in [1.54, 1.807) is 0 Å². The van der Waals surface area contributed by atoms with Gasteiger partial charge in [0.1, 0.15) is 5.83 Å². The van der Waals surface area contributed by atoms with Crippen molar-refractivity contribution in [3.05, 3.63) is 40.1 Å². The minimum atomic E-state index is -0.921. The van der Waals surface area contributed by atoms with Gasteiger partial charge in [-0.3, -0.25) is 0 Å². The van der Waals surface area contributed by atoms with Gasteiger partial charge in [0.25, 0.3) is 0 Å². The summed E-state index contributed by atoms with van der Waals surface area (Å²) in [5, 5.41) is 8.84. The molecule has 0 aromatic heterocycles. The van der Waals surface area contributed by atoms with Crippen LogP contribution < -0.4 is 0 Å². The Hall–Kier alpha value is -1.36. The van der Waals surface area contributed by atoms with Gasteiger partial charge in [0.2, 0.25) is 0 Å². The Morgan fingerprint density at radius 1 is 1.32 bits per heavy atom. The van der Waals surface area contributed by atoms with Crippen LogP contribution in [-0.2, 0) is 0 Å². The van der Waals surface area contributed by atoms with Crippen LogP contribution in [0.1, 0.15) is 18.4 Å². The van der Waals surface area contributed by atoms with Crippen molar-refractivity contribution >= 4 is 28.1 Å². The number of likely N-dealkylation sites (tertiary alicyclic amines) is 1. The SMILES string of the molecule is O=C(O)N1CCC(/C(F)=C/c2ccc(Br)cc2)CC1. The number of halogens is 2. The lowest BCUT2D eigenvalue weighted by atomic mass is 9.94. The van der Waals surface area contributed by atoms with Gasteiger partial charge in [-0.1, -0.05) is 28.1 Å². The Morgan fingerprint density at radius 2 is 1.89 bits per heavy atom. The Kier molecular flexibility index (Phi) is 4.58. The molecule has 0 bridgehead atoms. The Balaban J connectivity index is 1.99. The molecular formula is C14H15BrFNO2. The average molecular weight is 328 g/mol. The quantitative estimate of drug-likeness (QED) is 0.886. The highest BCUT2D eigenvalue weighted by atomic mass is 79.9. The highest BCUT2D eigenvalue weighted by molar-refractivity contribution is 9.10. The van der Waals surface area contributed by atoms with Gasteiger partial charge in [-0.15, -0.1) is 0 Å². The van der Waals surface area contributed by atoms with E-state index in [1.807, 2.05) is 24.3 Å². The molecule has 1 saturated heterocycles. The molecule has 3 nitrogen and oxygen atoms in total. The molecule has 0 aliphatic carbocycles. The number of hydrogen-bond donors (Lipinski definition) is 1. The first-order valence-electron chi connectivity index (χ1n) is 6.17. The predicted octanol–water partition coefficient (Wildman–Crippen LogP) is 4.15. The third kappa shape index (κ3) is 3.80. The summed E-state index contributed by atoms with van der Waals surface area (Å²) in [6, 6.07) is 7.42. The normalized spacial score (nSPS) is 17.6. The number of benzene rings is 1. The maximum atomic E-state index is 14.1. The van der Waals surface area contributed by atoms with Gasteiger partial charge < -0.3 is 10.0 Å². The Morgan fingerprint density at radius 3 is 2.42 bits per heavy atom. The van der Waals surface area contributed by atoms with Gasteiger partial charge in [0.15, 0.2) is 0 Å². The fraction of sp³-hybridized carbons (Fsp3) is 0.357. The van der Waals surface area contributed by atoms with Crippen molar-refractivity contribution in [2.75, 3.05) is 13.1 Å². The topological polar surface area (TPSA) is 40.5 Å². The van der Waals surface area contributed by atoms with Gasteiger partial charge in [0.05, 0.1) is 0 Å². The molecule has 1 amide bonds. The van der Waals surface area contributed by atoms with Crippen LogP contribution in [0.5, 0.6) is 0 Å². The second-order valence-corrected chi connectivity index (χ2v) is 5.54. The zero-order chi connectivity index (χ0) is 13.8. The van der Waals surface area contributed by atoms with E-state index in [2.05, 4.69) is 15.9 Å². The molecule has 1 fully saturated rings. The average Bonchev–Trinajstić information content (AvgIpc) is 2.41. The highest BCUT2D eigenvalue weighted by Crippen LogP contribution is 2.27.